The first-order valence-electron chi connectivity index (χ1n) is 9.10. The van der Waals surface area contributed by atoms with Crippen molar-refractivity contribution in [2.24, 2.45) is 0 Å². The van der Waals surface area contributed by atoms with Crippen molar-refractivity contribution in [2.75, 3.05) is 31.6 Å². The minimum Gasteiger partial charge on any atom is -0.394 e. The van der Waals surface area contributed by atoms with Crippen LogP contribution in [0.5, 0.6) is 0 Å². The second kappa shape index (κ2) is 10.9. The quantitative estimate of drug-likeness (QED) is 0.266. The van der Waals surface area contributed by atoms with E-state index < -0.39 is 37.2 Å². The van der Waals surface area contributed by atoms with Crippen LogP contribution in [-0.2, 0) is 4.79 Å². The Bertz CT molecular complexity index is 727. The molecule has 0 bridgehead atoms. The molecule has 3 amide bonds. The van der Waals surface area contributed by atoms with Crippen molar-refractivity contribution in [3.8, 4) is 0 Å². The van der Waals surface area contributed by atoms with Crippen molar-refractivity contribution in [2.45, 2.75) is 39.9 Å². The number of nitrogens with one attached hydrogen (secondary N) is 3. The molecule has 10 heteroatoms. The van der Waals surface area contributed by atoms with Gasteiger partial charge in [-0.2, -0.15) is 0 Å². The maximum atomic E-state index is 12.7. The Hall–Kier alpha value is -2.53. The summed E-state index contributed by atoms with van der Waals surface area (Å²) in [6.45, 7) is 4.69. The van der Waals surface area contributed by atoms with Gasteiger partial charge in [-0.25, -0.2) is 0 Å². The predicted molar refractivity (Wildman–Crippen MR) is 106 cm³/mol. The van der Waals surface area contributed by atoms with E-state index in [-0.39, 0.29) is 30.1 Å². The zero-order valence-electron chi connectivity index (χ0n) is 17.0. The van der Waals surface area contributed by atoms with Crippen LogP contribution in [0.4, 0.5) is 5.69 Å². The van der Waals surface area contributed by atoms with E-state index in [1.807, 2.05) is 0 Å². The van der Waals surface area contributed by atoms with Crippen LogP contribution in [0.25, 0.3) is 0 Å². The van der Waals surface area contributed by atoms with Gasteiger partial charge in [0, 0.05) is 36.8 Å². The summed E-state index contributed by atoms with van der Waals surface area (Å²) in [7, 11) is 0. The van der Waals surface area contributed by atoms with Crippen LogP contribution in [0, 0.1) is 20.8 Å². The van der Waals surface area contributed by atoms with Crippen LogP contribution in [-0.4, -0.2) is 76.7 Å². The summed E-state index contributed by atoms with van der Waals surface area (Å²) in [6.07, 6.45) is -2.27. The molecule has 162 valence electrons. The van der Waals surface area contributed by atoms with Crippen molar-refractivity contribution in [1.29, 1.82) is 0 Å². The number of hydrogen-bond acceptors (Lipinski definition) is 7. The van der Waals surface area contributed by atoms with Gasteiger partial charge in [0.2, 0.25) is 5.91 Å². The summed E-state index contributed by atoms with van der Waals surface area (Å²) in [5.41, 5.74) is 1.84. The van der Waals surface area contributed by atoms with Crippen LogP contribution in [0.2, 0.25) is 0 Å². The topological polar surface area (TPSA) is 168 Å². The molecule has 1 aromatic carbocycles. The predicted octanol–water partition coefficient (Wildman–Crippen LogP) is -1.26. The molecule has 0 fully saturated rings. The average molecular weight is 411 g/mol. The third kappa shape index (κ3) is 6.23. The van der Waals surface area contributed by atoms with Gasteiger partial charge >= 0.3 is 0 Å². The lowest BCUT2D eigenvalue weighted by Crippen LogP contribution is -2.37. The smallest absolute Gasteiger partial charge is 0.252 e. The maximum absolute atomic E-state index is 12.7. The average Bonchev–Trinajstić information content (AvgIpc) is 2.67. The minimum absolute atomic E-state index is 0.150. The van der Waals surface area contributed by atoms with Gasteiger partial charge in [-0.05, 0) is 37.5 Å². The van der Waals surface area contributed by atoms with E-state index in [0.717, 1.165) is 0 Å². The lowest BCUT2D eigenvalue weighted by atomic mass is 9.90. The lowest BCUT2D eigenvalue weighted by Gasteiger charge is -2.22. The molecule has 0 saturated carbocycles. The van der Waals surface area contributed by atoms with E-state index in [0.29, 0.717) is 22.4 Å². The van der Waals surface area contributed by atoms with E-state index in [4.69, 9.17) is 10.2 Å². The van der Waals surface area contributed by atoms with Crippen LogP contribution in [0.15, 0.2) is 0 Å². The Kier molecular flexibility index (Phi) is 9.18. The number of amides is 3. The summed E-state index contributed by atoms with van der Waals surface area (Å²) in [5.74, 6) is -1.55. The number of carbonyl (C=O) groups excluding carboxylic acids is 3. The van der Waals surface area contributed by atoms with Crippen molar-refractivity contribution in [3.63, 3.8) is 0 Å². The SMILES string of the molecule is CC(=O)Nc1c(C)c(C(=O)NCC(O)CO)c(C)c(C(=O)NCC(O)CO)c1C. The number of hydrogen-bond donors (Lipinski definition) is 7. The largest absolute Gasteiger partial charge is 0.394 e. The molecular formula is C19H29N3O7. The highest BCUT2D eigenvalue weighted by molar-refractivity contribution is 6.07. The molecule has 0 aromatic heterocycles. The number of carbonyl (C=O) groups is 3. The standard InChI is InChI=1S/C19H29N3O7/c1-9-15(18(28)20-5-13(26)7-23)10(2)17(22-12(4)25)11(3)16(9)19(29)21-6-14(27)8-24/h13-14,23-24,26-27H,5-8H2,1-4H3,(H,20,28)(H,21,29)(H,22,25). The number of benzene rings is 1. The van der Waals surface area contributed by atoms with Crippen LogP contribution in [0.3, 0.4) is 0 Å². The Morgan fingerprint density at radius 2 is 1.17 bits per heavy atom. The first-order chi connectivity index (χ1) is 13.5. The summed E-state index contributed by atoms with van der Waals surface area (Å²) < 4.78 is 0. The summed E-state index contributed by atoms with van der Waals surface area (Å²) >= 11 is 0. The highest BCUT2D eigenvalue weighted by Gasteiger charge is 2.26. The molecule has 0 aliphatic carbocycles. The van der Waals surface area contributed by atoms with Gasteiger partial charge in [-0.3, -0.25) is 14.4 Å². The third-order valence-electron chi connectivity index (χ3n) is 4.42. The highest BCUT2D eigenvalue weighted by Crippen LogP contribution is 2.31. The van der Waals surface area contributed by atoms with Gasteiger partial charge in [-0.1, -0.05) is 0 Å². The lowest BCUT2D eigenvalue weighted by molar-refractivity contribution is -0.114. The molecule has 1 rings (SSSR count). The van der Waals surface area contributed by atoms with Gasteiger partial charge in [0.05, 0.1) is 25.4 Å². The second-order valence-corrected chi connectivity index (χ2v) is 6.77. The fraction of sp³-hybridized carbons (Fsp3) is 0.526. The normalized spacial score (nSPS) is 12.8. The van der Waals surface area contributed by atoms with Gasteiger partial charge in [0.1, 0.15) is 0 Å². The maximum Gasteiger partial charge on any atom is 0.252 e. The molecule has 10 nitrogen and oxygen atoms in total. The third-order valence-corrected chi connectivity index (χ3v) is 4.42. The number of aliphatic hydroxyl groups is 4. The molecule has 2 unspecified atom stereocenters. The Morgan fingerprint density at radius 3 is 1.48 bits per heavy atom. The molecule has 0 spiro atoms. The van der Waals surface area contributed by atoms with Gasteiger partial charge in [-0.15, -0.1) is 0 Å². The molecule has 0 aliphatic heterocycles. The molecule has 0 heterocycles. The van der Waals surface area contributed by atoms with E-state index in [1.54, 1.807) is 20.8 Å². The fourth-order valence-electron chi connectivity index (χ4n) is 2.99. The Balaban J connectivity index is 3.45. The second-order valence-electron chi connectivity index (χ2n) is 6.77. The van der Waals surface area contributed by atoms with Gasteiger partial charge in [0.15, 0.2) is 0 Å². The van der Waals surface area contributed by atoms with Crippen LogP contribution < -0.4 is 16.0 Å². The van der Waals surface area contributed by atoms with Crippen molar-refractivity contribution in [1.82, 2.24) is 10.6 Å². The summed E-state index contributed by atoms with van der Waals surface area (Å²) in [5, 5.41) is 44.4. The molecular weight excluding hydrogens is 382 g/mol. The molecule has 7 N–H and O–H groups in total. The van der Waals surface area contributed by atoms with Crippen molar-refractivity contribution >= 4 is 23.4 Å². The first kappa shape index (κ1) is 24.5. The molecule has 1 aromatic rings. The Labute approximate surface area is 168 Å². The van der Waals surface area contributed by atoms with E-state index in [9.17, 15) is 24.6 Å². The molecule has 0 radical (unpaired) electrons. The van der Waals surface area contributed by atoms with Gasteiger partial charge < -0.3 is 36.4 Å². The Morgan fingerprint density at radius 1 is 0.793 bits per heavy atom. The highest BCUT2D eigenvalue weighted by atomic mass is 16.3. The molecule has 0 saturated heterocycles. The van der Waals surface area contributed by atoms with Crippen molar-refractivity contribution < 1.29 is 34.8 Å². The molecule has 0 aliphatic rings. The number of aliphatic hydroxyl groups excluding tert-OH is 4. The van der Waals surface area contributed by atoms with Crippen molar-refractivity contribution in [3.05, 3.63) is 27.8 Å². The minimum atomic E-state index is -1.14. The van der Waals surface area contributed by atoms with Crippen LogP contribution in [0.1, 0.15) is 44.3 Å². The van der Waals surface area contributed by atoms with Crippen LogP contribution >= 0.6 is 0 Å². The zero-order chi connectivity index (χ0) is 22.3. The van der Waals surface area contributed by atoms with E-state index in [1.165, 1.54) is 6.92 Å². The monoisotopic (exact) mass is 411 g/mol. The molecule has 2 atom stereocenters. The number of anilines is 1. The molecule has 29 heavy (non-hydrogen) atoms. The zero-order valence-corrected chi connectivity index (χ0v) is 17.0. The van der Waals surface area contributed by atoms with Gasteiger partial charge in [0.25, 0.3) is 11.8 Å². The van der Waals surface area contributed by atoms with E-state index in [2.05, 4.69) is 16.0 Å². The summed E-state index contributed by atoms with van der Waals surface area (Å²) in [6, 6.07) is 0. The first-order valence-corrected chi connectivity index (χ1v) is 9.10. The summed E-state index contributed by atoms with van der Waals surface area (Å²) in [4.78, 5) is 37.1. The number of rotatable bonds is 9. The fourth-order valence-corrected chi connectivity index (χ4v) is 2.99. The van der Waals surface area contributed by atoms with E-state index >= 15 is 0 Å².